The first-order valence-corrected chi connectivity index (χ1v) is 5.23. The van der Waals surface area contributed by atoms with Crippen molar-refractivity contribution < 1.29 is 4.52 Å². The van der Waals surface area contributed by atoms with Gasteiger partial charge in [0, 0.05) is 17.7 Å². The summed E-state index contributed by atoms with van der Waals surface area (Å²) in [5, 5.41) is 4.05. The Morgan fingerprint density at radius 2 is 2.13 bits per heavy atom. The van der Waals surface area contributed by atoms with Crippen molar-refractivity contribution in [3.8, 4) is 11.4 Å². The molecule has 1 aliphatic rings. The Balaban J connectivity index is 1.97. The predicted octanol–water partition coefficient (Wildman–Crippen LogP) is 2.92. The fraction of sp³-hybridized carbons (Fsp3) is 0.333. The van der Waals surface area contributed by atoms with Crippen molar-refractivity contribution in [3.63, 3.8) is 0 Å². The largest absolute Gasteiger partial charge is 0.360 e. The lowest BCUT2D eigenvalue weighted by molar-refractivity contribution is 0.386. The average Bonchev–Trinajstić information content (AvgIpc) is 2.97. The Hall–Kier alpha value is -1.64. The van der Waals surface area contributed by atoms with E-state index in [2.05, 4.69) is 10.1 Å². The lowest BCUT2D eigenvalue weighted by atomic mass is 10.2. The van der Waals surface area contributed by atoms with Gasteiger partial charge in [0.05, 0.1) is 5.69 Å². The Kier molecular flexibility index (Phi) is 1.84. The topological polar surface area (TPSA) is 38.9 Å². The van der Waals surface area contributed by atoms with E-state index >= 15 is 0 Å². The van der Waals surface area contributed by atoms with Gasteiger partial charge < -0.3 is 4.52 Å². The van der Waals surface area contributed by atoms with E-state index in [9.17, 15) is 0 Å². The molecule has 15 heavy (non-hydrogen) atoms. The highest BCUT2D eigenvalue weighted by Crippen LogP contribution is 2.40. The zero-order valence-corrected chi connectivity index (χ0v) is 8.60. The van der Waals surface area contributed by atoms with Gasteiger partial charge in [0.2, 0.25) is 0 Å². The predicted molar refractivity (Wildman–Crippen MR) is 56.4 cm³/mol. The van der Waals surface area contributed by atoms with Crippen molar-refractivity contribution in [2.75, 3.05) is 0 Å². The normalized spacial score (nSPS) is 15.5. The molecule has 0 atom stereocenters. The van der Waals surface area contributed by atoms with Crippen LogP contribution >= 0.6 is 0 Å². The van der Waals surface area contributed by atoms with Crippen LogP contribution in [-0.4, -0.2) is 10.1 Å². The van der Waals surface area contributed by atoms with Crippen molar-refractivity contribution in [2.24, 2.45) is 0 Å². The molecule has 2 heterocycles. The van der Waals surface area contributed by atoms with Gasteiger partial charge in [-0.3, -0.25) is 4.98 Å². The zero-order chi connectivity index (χ0) is 10.3. The molecule has 1 fully saturated rings. The van der Waals surface area contributed by atoms with Crippen molar-refractivity contribution in [1.29, 1.82) is 0 Å². The van der Waals surface area contributed by atoms with Gasteiger partial charge in [-0.15, -0.1) is 0 Å². The summed E-state index contributed by atoms with van der Waals surface area (Å²) in [5.41, 5.74) is 2.75. The van der Waals surface area contributed by atoms with Crippen molar-refractivity contribution in [1.82, 2.24) is 10.1 Å². The summed E-state index contributed by atoms with van der Waals surface area (Å²) in [6, 6.07) is 7.94. The molecule has 3 heteroatoms. The molecule has 2 aromatic rings. The van der Waals surface area contributed by atoms with Crippen LogP contribution in [0, 0.1) is 6.92 Å². The second kappa shape index (κ2) is 3.19. The highest BCUT2D eigenvalue weighted by atomic mass is 16.5. The molecule has 0 aliphatic heterocycles. The summed E-state index contributed by atoms with van der Waals surface area (Å²) in [7, 11) is 0. The minimum absolute atomic E-state index is 0.607. The van der Waals surface area contributed by atoms with Gasteiger partial charge in [-0.1, -0.05) is 11.2 Å². The van der Waals surface area contributed by atoms with E-state index in [1.807, 2.05) is 31.2 Å². The minimum atomic E-state index is 0.607. The third kappa shape index (κ3) is 1.65. The average molecular weight is 200 g/mol. The summed E-state index contributed by atoms with van der Waals surface area (Å²) in [4.78, 5) is 4.41. The van der Waals surface area contributed by atoms with Crippen LogP contribution in [0.4, 0.5) is 0 Å². The van der Waals surface area contributed by atoms with Gasteiger partial charge in [0.1, 0.15) is 11.5 Å². The van der Waals surface area contributed by atoms with Crippen molar-refractivity contribution in [3.05, 3.63) is 35.7 Å². The van der Waals surface area contributed by atoms with Crippen LogP contribution in [0.1, 0.15) is 30.2 Å². The van der Waals surface area contributed by atoms with Gasteiger partial charge in [0.25, 0.3) is 0 Å². The van der Waals surface area contributed by atoms with E-state index in [-0.39, 0.29) is 0 Å². The molecule has 0 N–H and O–H groups in total. The highest BCUT2D eigenvalue weighted by molar-refractivity contribution is 5.54. The Morgan fingerprint density at radius 3 is 2.87 bits per heavy atom. The first-order chi connectivity index (χ1) is 7.33. The standard InChI is InChI=1S/C12H12N2O/c1-8-3-2-4-10(13-8)11-7-12(15-14-11)9-5-6-9/h2-4,7,9H,5-6H2,1H3. The highest BCUT2D eigenvalue weighted by Gasteiger charge is 2.28. The molecule has 0 spiro atoms. The number of aryl methyl sites for hydroxylation is 1. The number of nitrogens with zero attached hydrogens (tertiary/aromatic N) is 2. The molecule has 0 aromatic carbocycles. The molecule has 76 valence electrons. The molecule has 0 radical (unpaired) electrons. The molecule has 3 nitrogen and oxygen atoms in total. The fourth-order valence-electron chi connectivity index (χ4n) is 1.66. The second-order valence-corrected chi connectivity index (χ2v) is 4.05. The number of pyridine rings is 1. The molecular weight excluding hydrogens is 188 g/mol. The van der Waals surface area contributed by atoms with Crippen LogP contribution in [-0.2, 0) is 0 Å². The van der Waals surface area contributed by atoms with Crippen LogP contribution in [0.15, 0.2) is 28.8 Å². The van der Waals surface area contributed by atoms with Crippen LogP contribution in [0.2, 0.25) is 0 Å². The van der Waals surface area contributed by atoms with Crippen molar-refractivity contribution >= 4 is 0 Å². The number of hydrogen-bond acceptors (Lipinski definition) is 3. The smallest absolute Gasteiger partial charge is 0.140 e. The Labute approximate surface area is 88.1 Å². The van der Waals surface area contributed by atoms with Crippen LogP contribution < -0.4 is 0 Å². The lowest BCUT2D eigenvalue weighted by Gasteiger charge is -1.95. The van der Waals surface area contributed by atoms with Crippen LogP contribution in [0.3, 0.4) is 0 Å². The molecule has 0 amide bonds. The summed E-state index contributed by atoms with van der Waals surface area (Å²) >= 11 is 0. The monoisotopic (exact) mass is 200 g/mol. The quantitative estimate of drug-likeness (QED) is 0.748. The Morgan fingerprint density at radius 1 is 1.27 bits per heavy atom. The van der Waals surface area contributed by atoms with Crippen molar-refractivity contribution in [2.45, 2.75) is 25.7 Å². The first kappa shape index (κ1) is 8.65. The second-order valence-electron chi connectivity index (χ2n) is 4.05. The van der Waals surface area contributed by atoms with E-state index in [0.717, 1.165) is 22.8 Å². The maximum absolute atomic E-state index is 5.29. The molecule has 0 unspecified atom stereocenters. The molecule has 3 rings (SSSR count). The van der Waals surface area contributed by atoms with Gasteiger partial charge in [-0.05, 0) is 31.9 Å². The Bertz CT molecular complexity index is 486. The molecule has 1 saturated carbocycles. The molecule has 2 aromatic heterocycles. The first-order valence-electron chi connectivity index (χ1n) is 5.23. The third-order valence-electron chi connectivity index (χ3n) is 2.66. The third-order valence-corrected chi connectivity index (χ3v) is 2.66. The maximum atomic E-state index is 5.29. The van der Waals surface area contributed by atoms with Gasteiger partial charge in [-0.25, -0.2) is 0 Å². The molecular formula is C12H12N2O. The zero-order valence-electron chi connectivity index (χ0n) is 8.60. The van der Waals surface area contributed by atoms with E-state index in [4.69, 9.17) is 4.52 Å². The van der Waals surface area contributed by atoms with Crippen LogP contribution in [0.5, 0.6) is 0 Å². The van der Waals surface area contributed by atoms with Crippen LogP contribution in [0.25, 0.3) is 11.4 Å². The SMILES string of the molecule is Cc1cccc(-c2cc(C3CC3)on2)n1. The molecule has 0 bridgehead atoms. The summed E-state index contributed by atoms with van der Waals surface area (Å²) in [6.45, 7) is 1.98. The number of aromatic nitrogens is 2. The van der Waals surface area contributed by atoms with Gasteiger partial charge >= 0.3 is 0 Å². The number of hydrogen-bond donors (Lipinski definition) is 0. The van der Waals surface area contributed by atoms with E-state index in [1.165, 1.54) is 12.8 Å². The summed E-state index contributed by atoms with van der Waals surface area (Å²) < 4.78 is 5.29. The summed E-state index contributed by atoms with van der Waals surface area (Å²) in [5.74, 6) is 1.62. The minimum Gasteiger partial charge on any atom is -0.360 e. The summed E-state index contributed by atoms with van der Waals surface area (Å²) in [6.07, 6.45) is 2.46. The van der Waals surface area contributed by atoms with Gasteiger partial charge in [0.15, 0.2) is 0 Å². The van der Waals surface area contributed by atoms with E-state index in [0.29, 0.717) is 5.92 Å². The molecule has 0 saturated heterocycles. The van der Waals surface area contributed by atoms with Gasteiger partial charge in [-0.2, -0.15) is 0 Å². The fourth-order valence-corrected chi connectivity index (χ4v) is 1.66. The lowest BCUT2D eigenvalue weighted by Crippen LogP contribution is -1.85. The number of rotatable bonds is 2. The van der Waals surface area contributed by atoms with E-state index in [1.54, 1.807) is 0 Å². The van der Waals surface area contributed by atoms with E-state index < -0.39 is 0 Å². The molecule has 1 aliphatic carbocycles. The maximum Gasteiger partial charge on any atom is 0.140 e.